The van der Waals surface area contributed by atoms with Gasteiger partial charge in [0.1, 0.15) is 0 Å². The Hall–Kier alpha value is -0.720. The maximum Gasteiger partial charge on any atom is 0.222 e. The molecule has 0 aromatic carbocycles. The van der Waals surface area contributed by atoms with Gasteiger partial charge in [0.15, 0.2) is 0 Å². The second-order valence-electron chi connectivity index (χ2n) is 4.59. The first-order valence-electron chi connectivity index (χ1n) is 6.36. The van der Waals surface area contributed by atoms with Crippen molar-refractivity contribution in [1.82, 2.24) is 9.80 Å². The number of rotatable bonds is 6. The van der Waals surface area contributed by atoms with E-state index >= 15 is 0 Å². The number of carbonyl (C=O) groups is 1. The molecule has 1 fully saturated rings. The largest absolute Gasteiger partial charge is 0.392 e. The molecule has 0 aromatic rings. The van der Waals surface area contributed by atoms with Gasteiger partial charge >= 0.3 is 0 Å². The first-order chi connectivity index (χ1) is 8.56. The van der Waals surface area contributed by atoms with E-state index in [4.69, 9.17) is 22.7 Å². The first-order valence-corrected chi connectivity index (χ1v) is 6.77. The number of nitrogens with zero attached hydrogens (tertiary/aromatic N) is 2. The molecule has 1 aliphatic rings. The van der Waals surface area contributed by atoms with E-state index in [1.54, 1.807) is 7.11 Å². The molecule has 1 atom stereocenters. The van der Waals surface area contributed by atoms with Crippen molar-refractivity contribution in [2.75, 3.05) is 39.9 Å². The van der Waals surface area contributed by atoms with E-state index < -0.39 is 0 Å². The predicted octanol–water partition coefficient (Wildman–Crippen LogP) is 0.232. The van der Waals surface area contributed by atoms with E-state index in [0.29, 0.717) is 18.0 Å². The molecule has 0 saturated carbocycles. The summed E-state index contributed by atoms with van der Waals surface area (Å²) in [5.41, 5.74) is 5.64. The van der Waals surface area contributed by atoms with Crippen LogP contribution in [0.15, 0.2) is 0 Å². The summed E-state index contributed by atoms with van der Waals surface area (Å²) in [6, 6.07) is 0.116. The molecule has 1 aliphatic heterocycles. The molecule has 0 aromatic heterocycles. The molecule has 18 heavy (non-hydrogen) atoms. The zero-order valence-corrected chi connectivity index (χ0v) is 12.0. The van der Waals surface area contributed by atoms with E-state index in [1.807, 2.05) is 11.8 Å². The molecule has 1 heterocycles. The van der Waals surface area contributed by atoms with Gasteiger partial charge in [0.05, 0.1) is 11.0 Å². The van der Waals surface area contributed by atoms with Crippen molar-refractivity contribution in [2.45, 2.75) is 25.8 Å². The van der Waals surface area contributed by atoms with Crippen LogP contribution in [0, 0.1) is 0 Å². The number of methoxy groups -OCH3 is 1. The Morgan fingerprint density at radius 2 is 2.00 bits per heavy atom. The Morgan fingerprint density at radius 3 is 2.50 bits per heavy atom. The average Bonchev–Trinajstić information content (AvgIpc) is 2.38. The van der Waals surface area contributed by atoms with Gasteiger partial charge < -0.3 is 15.4 Å². The summed E-state index contributed by atoms with van der Waals surface area (Å²) in [6.07, 6.45) is 1.36. The quantitative estimate of drug-likeness (QED) is 0.554. The minimum atomic E-state index is 0.116. The third-order valence-corrected chi connectivity index (χ3v) is 3.71. The van der Waals surface area contributed by atoms with Crippen molar-refractivity contribution in [3.8, 4) is 0 Å². The van der Waals surface area contributed by atoms with Gasteiger partial charge in [-0.3, -0.25) is 9.69 Å². The number of hydrogen-bond acceptors (Lipinski definition) is 4. The summed E-state index contributed by atoms with van der Waals surface area (Å²) in [7, 11) is 1.65. The molecular weight excluding hydrogens is 250 g/mol. The van der Waals surface area contributed by atoms with Gasteiger partial charge in [0.2, 0.25) is 5.91 Å². The number of nitrogens with two attached hydrogens (primary N) is 1. The molecular formula is C12H23N3O2S. The second-order valence-corrected chi connectivity index (χ2v) is 5.06. The Labute approximate surface area is 114 Å². The fraction of sp³-hybridized carbons (Fsp3) is 0.833. The number of thiocarbonyl (C=S) groups is 1. The van der Waals surface area contributed by atoms with Crippen LogP contribution in [-0.4, -0.2) is 66.6 Å². The minimum absolute atomic E-state index is 0.116. The van der Waals surface area contributed by atoms with Crippen LogP contribution in [0.1, 0.15) is 19.8 Å². The molecule has 2 N–H and O–H groups in total. The van der Waals surface area contributed by atoms with Crippen LogP contribution >= 0.6 is 12.2 Å². The molecule has 1 rings (SSSR count). The van der Waals surface area contributed by atoms with Crippen LogP contribution in [0.4, 0.5) is 0 Å². The monoisotopic (exact) mass is 273 g/mol. The van der Waals surface area contributed by atoms with E-state index in [0.717, 1.165) is 32.6 Å². The minimum Gasteiger partial charge on any atom is -0.392 e. The Morgan fingerprint density at radius 1 is 1.39 bits per heavy atom. The molecule has 6 heteroatoms. The molecule has 0 aliphatic carbocycles. The lowest BCUT2D eigenvalue weighted by Gasteiger charge is -2.37. The fourth-order valence-corrected chi connectivity index (χ4v) is 2.21. The van der Waals surface area contributed by atoms with Crippen LogP contribution < -0.4 is 5.73 Å². The van der Waals surface area contributed by atoms with Gasteiger partial charge in [0, 0.05) is 46.3 Å². The second kappa shape index (κ2) is 7.66. The lowest BCUT2D eigenvalue weighted by Crippen LogP contribution is -2.53. The molecule has 5 nitrogen and oxygen atoms in total. The van der Waals surface area contributed by atoms with Crippen molar-refractivity contribution in [1.29, 1.82) is 0 Å². The highest BCUT2D eigenvalue weighted by Gasteiger charge is 2.24. The van der Waals surface area contributed by atoms with Gasteiger partial charge in [-0.2, -0.15) is 0 Å². The van der Waals surface area contributed by atoms with Gasteiger partial charge in [-0.1, -0.05) is 12.2 Å². The number of hydrogen-bond donors (Lipinski definition) is 1. The predicted molar refractivity (Wildman–Crippen MR) is 75.5 cm³/mol. The maximum atomic E-state index is 11.9. The van der Waals surface area contributed by atoms with Crippen molar-refractivity contribution >= 4 is 23.1 Å². The highest BCUT2D eigenvalue weighted by atomic mass is 32.1. The number of amides is 1. The molecule has 104 valence electrons. The Balaban J connectivity index is 2.30. The summed E-state index contributed by atoms with van der Waals surface area (Å²) in [4.78, 5) is 16.5. The van der Waals surface area contributed by atoms with Gasteiger partial charge in [-0.05, 0) is 13.3 Å². The molecule has 0 radical (unpaired) electrons. The average molecular weight is 273 g/mol. The van der Waals surface area contributed by atoms with Crippen molar-refractivity contribution in [2.24, 2.45) is 5.73 Å². The van der Waals surface area contributed by atoms with E-state index in [2.05, 4.69) is 4.90 Å². The lowest BCUT2D eigenvalue weighted by atomic mass is 10.2. The molecule has 1 unspecified atom stereocenters. The molecule has 0 spiro atoms. The Kier molecular flexibility index (Phi) is 6.52. The van der Waals surface area contributed by atoms with Crippen molar-refractivity contribution < 1.29 is 9.53 Å². The number of carbonyl (C=O) groups excluding carboxylic acids is 1. The zero-order valence-electron chi connectivity index (χ0n) is 11.2. The van der Waals surface area contributed by atoms with Gasteiger partial charge in [-0.15, -0.1) is 0 Å². The van der Waals surface area contributed by atoms with E-state index in [1.165, 1.54) is 0 Å². The highest BCUT2D eigenvalue weighted by molar-refractivity contribution is 7.80. The van der Waals surface area contributed by atoms with Crippen LogP contribution in [-0.2, 0) is 9.53 Å². The van der Waals surface area contributed by atoms with Crippen molar-refractivity contribution in [3.63, 3.8) is 0 Å². The number of ether oxygens (including phenoxy) is 1. The van der Waals surface area contributed by atoms with Crippen LogP contribution in [0.2, 0.25) is 0 Å². The summed E-state index contributed by atoms with van der Waals surface area (Å²) in [5, 5.41) is 0. The van der Waals surface area contributed by atoms with Crippen molar-refractivity contribution in [3.05, 3.63) is 0 Å². The fourth-order valence-electron chi connectivity index (χ4n) is 2.06. The number of piperazine rings is 1. The lowest BCUT2D eigenvalue weighted by molar-refractivity contribution is -0.133. The third-order valence-electron chi connectivity index (χ3n) is 3.37. The standard InChI is InChI=1S/C12H23N3O2S/c1-10(12(13)18)14-5-7-15(8-6-14)11(16)4-3-9-17-2/h10H,3-9H2,1-2H3,(H2,13,18). The van der Waals surface area contributed by atoms with Crippen LogP contribution in [0.3, 0.4) is 0 Å². The van der Waals surface area contributed by atoms with E-state index in [9.17, 15) is 4.79 Å². The highest BCUT2D eigenvalue weighted by Crippen LogP contribution is 2.08. The van der Waals surface area contributed by atoms with Crippen LogP contribution in [0.25, 0.3) is 0 Å². The van der Waals surface area contributed by atoms with E-state index in [-0.39, 0.29) is 11.9 Å². The van der Waals surface area contributed by atoms with Gasteiger partial charge in [0.25, 0.3) is 0 Å². The normalized spacial score (nSPS) is 18.7. The summed E-state index contributed by atoms with van der Waals surface area (Å²) in [5.74, 6) is 0.217. The summed E-state index contributed by atoms with van der Waals surface area (Å²) < 4.78 is 4.95. The van der Waals surface area contributed by atoms with Crippen LogP contribution in [0.5, 0.6) is 0 Å². The maximum absolute atomic E-state index is 11.9. The molecule has 0 bridgehead atoms. The molecule has 1 amide bonds. The molecule has 1 saturated heterocycles. The smallest absolute Gasteiger partial charge is 0.222 e. The zero-order chi connectivity index (χ0) is 13.5. The summed E-state index contributed by atoms with van der Waals surface area (Å²) >= 11 is 4.99. The summed E-state index contributed by atoms with van der Waals surface area (Å²) in [6.45, 7) is 5.86. The third kappa shape index (κ3) is 4.51. The topological polar surface area (TPSA) is 58.8 Å². The Bertz CT molecular complexity index is 291. The first kappa shape index (κ1) is 15.3. The van der Waals surface area contributed by atoms with Gasteiger partial charge in [-0.25, -0.2) is 0 Å². The SMILES string of the molecule is COCCCC(=O)N1CCN(C(C)C(N)=S)CC1.